The van der Waals surface area contributed by atoms with Gasteiger partial charge in [-0.2, -0.15) is 0 Å². The van der Waals surface area contributed by atoms with Gasteiger partial charge in [-0.1, -0.05) is 12.1 Å². The summed E-state index contributed by atoms with van der Waals surface area (Å²) in [5.74, 6) is -0.188. The molecule has 1 aromatic rings. The first-order chi connectivity index (χ1) is 9.03. The highest BCUT2D eigenvalue weighted by molar-refractivity contribution is 5.28. The lowest BCUT2D eigenvalue weighted by Gasteiger charge is -2.23. The van der Waals surface area contributed by atoms with Crippen LogP contribution >= 0.6 is 0 Å². The molecule has 2 rings (SSSR count). The fraction of sp³-hybridized carbons (Fsp3) is 0.538. The zero-order valence-electron chi connectivity index (χ0n) is 10.4. The Morgan fingerprint density at radius 1 is 1.37 bits per heavy atom. The number of halogens is 3. The molecule has 1 aromatic carbocycles. The molecule has 1 aliphatic heterocycles. The van der Waals surface area contributed by atoms with Gasteiger partial charge in [0.25, 0.3) is 0 Å². The first-order valence-corrected chi connectivity index (χ1v) is 6.19. The van der Waals surface area contributed by atoms with Gasteiger partial charge in [0.05, 0.1) is 6.61 Å². The van der Waals surface area contributed by atoms with Gasteiger partial charge in [0.1, 0.15) is 5.75 Å². The van der Waals surface area contributed by atoms with Gasteiger partial charge in [0, 0.05) is 19.2 Å². The maximum Gasteiger partial charge on any atom is 0.573 e. The zero-order chi connectivity index (χ0) is 13.7. The van der Waals surface area contributed by atoms with E-state index in [2.05, 4.69) is 10.1 Å². The first kappa shape index (κ1) is 14.1. The average Bonchev–Trinajstić information content (AvgIpc) is 2.36. The summed E-state index contributed by atoms with van der Waals surface area (Å²) in [6.07, 6.45) is -2.61. The molecule has 1 heterocycles. The van der Waals surface area contributed by atoms with Crippen molar-refractivity contribution in [1.29, 1.82) is 0 Å². The molecular formula is C13H16F3NO2. The van der Waals surface area contributed by atoms with Crippen molar-refractivity contribution in [2.24, 2.45) is 0 Å². The second kappa shape index (κ2) is 6.25. The third kappa shape index (κ3) is 5.08. The van der Waals surface area contributed by atoms with Crippen molar-refractivity contribution in [3.63, 3.8) is 0 Å². The molecule has 0 amide bonds. The Labute approximate surface area is 109 Å². The smallest absolute Gasteiger partial charge is 0.406 e. The maximum absolute atomic E-state index is 12.1. The molecule has 1 unspecified atom stereocenters. The number of ether oxygens (including phenoxy) is 2. The SMILES string of the molecule is FC(F)(F)Oc1cccc(CNC2CCCOC2)c1. The van der Waals surface area contributed by atoms with Gasteiger partial charge in [-0.3, -0.25) is 0 Å². The summed E-state index contributed by atoms with van der Waals surface area (Å²) in [5, 5.41) is 3.27. The maximum atomic E-state index is 12.1. The van der Waals surface area contributed by atoms with E-state index in [1.54, 1.807) is 12.1 Å². The summed E-state index contributed by atoms with van der Waals surface area (Å²) in [5.41, 5.74) is 0.757. The second-order valence-corrected chi connectivity index (χ2v) is 4.49. The van der Waals surface area contributed by atoms with E-state index < -0.39 is 6.36 Å². The number of hydrogen-bond donors (Lipinski definition) is 1. The van der Waals surface area contributed by atoms with E-state index >= 15 is 0 Å². The summed E-state index contributed by atoms with van der Waals surface area (Å²) in [6, 6.07) is 6.27. The highest BCUT2D eigenvalue weighted by atomic mass is 19.4. The highest BCUT2D eigenvalue weighted by Crippen LogP contribution is 2.23. The van der Waals surface area contributed by atoms with Crippen LogP contribution in [0.4, 0.5) is 13.2 Å². The number of alkyl halides is 3. The molecule has 0 bridgehead atoms. The predicted molar refractivity (Wildman–Crippen MR) is 63.8 cm³/mol. The van der Waals surface area contributed by atoms with E-state index in [0.717, 1.165) is 25.0 Å². The molecule has 3 nitrogen and oxygen atoms in total. The number of nitrogens with one attached hydrogen (secondary N) is 1. The minimum atomic E-state index is -4.65. The Morgan fingerprint density at radius 2 is 2.21 bits per heavy atom. The second-order valence-electron chi connectivity index (χ2n) is 4.49. The molecule has 0 spiro atoms. The first-order valence-electron chi connectivity index (χ1n) is 6.19. The summed E-state index contributed by atoms with van der Waals surface area (Å²) in [7, 11) is 0. The minimum absolute atomic E-state index is 0.188. The van der Waals surface area contributed by atoms with Crippen LogP contribution in [0.5, 0.6) is 5.75 Å². The van der Waals surface area contributed by atoms with E-state index in [-0.39, 0.29) is 11.8 Å². The molecular weight excluding hydrogens is 259 g/mol. The molecule has 0 aromatic heterocycles. The minimum Gasteiger partial charge on any atom is -0.406 e. The molecule has 19 heavy (non-hydrogen) atoms. The van der Waals surface area contributed by atoms with Gasteiger partial charge in [0.2, 0.25) is 0 Å². The number of rotatable bonds is 4. The van der Waals surface area contributed by atoms with E-state index in [1.807, 2.05) is 0 Å². The molecule has 1 aliphatic rings. The van der Waals surface area contributed by atoms with E-state index in [4.69, 9.17) is 4.74 Å². The number of hydrogen-bond acceptors (Lipinski definition) is 3. The van der Waals surface area contributed by atoms with Crippen LogP contribution in [0.15, 0.2) is 24.3 Å². The van der Waals surface area contributed by atoms with Crippen LogP contribution in [0.1, 0.15) is 18.4 Å². The lowest BCUT2D eigenvalue weighted by atomic mass is 10.1. The van der Waals surface area contributed by atoms with Crippen molar-refractivity contribution in [3.8, 4) is 5.75 Å². The molecule has 1 fully saturated rings. The van der Waals surface area contributed by atoms with Crippen LogP contribution in [0.2, 0.25) is 0 Å². The van der Waals surface area contributed by atoms with Gasteiger partial charge >= 0.3 is 6.36 Å². The lowest BCUT2D eigenvalue weighted by molar-refractivity contribution is -0.274. The van der Waals surface area contributed by atoms with Crippen LogP contribution in [0.25, 0.3) is 0 Å². The zero-order valence-corrected chi connectivity index (χ0v) is 10.4. The average molecular weight is 275 g/mol. The quantitative estimate of drug-likeness (QED) is 0.916. The van der Waals surface area contributed by atoms with Gasteiger partial charge in [-0.05, 0) is 30.5 Å². The number of benzene rings is 1. The normalized spacial score (nSPS) is 20.3. The van der Waals surface area contributed by atoms with Crippen molar-refractivity contribution in [3.05, 3.63) is 29.8 Å². The standard InChI is InChI=1S/C13H16F3NO2/c14-13(15,16)19-12-5-1-3-10(7-12)8-17-11-4-2-6-18-9-11/h1,3,5,7,11,17H,2,4,6,8-9H2. The molecule has 0 saturated carbocycles. The van der Waals surface area contributed by atoms with Crippen molar-refractivity contribution >= 4 is 0 Å². The summed E-state index contributed by atoms with van der Waals surface area (Å²) in [4.78, 5) is 0. The Morgan fingerprint density at radius 3 is 2.89 bits per heavy atom. The monoisotopic (exact) mass is 275 g/mol. The molecule has 106 valence electrons. The Kier molecular flexibility index (Phi) is 4.66. The summed E-state index contributed by atoms with van der Waals surface area (Å²) >= 11 is 0. The van der Waals surface area contributed by atoms with Crippen molar-refractivity contribution < 1.29 is 22.6 Å². The Hall–Kier alpha value is -1.27. The Bertz CT molecular complexity index is 403. The molecule has 6 heteroatoms. The third-order valence-corrected chi connectivity index (χ3v) is 2.89. The molecule has 0 aliphatic carbocycles. The van der Waals surface area contributed by atoms with Gasteiger partial charge in [0.15, 0.2) is 0 Å². The van der Waals surface area contributed by atoms with Gasteiger partial charge < -0.3 is 14.8 Å². The van der Waals surface area contributed by atoms with Crippen LogP contribution in [-0.2, 0) is 11.3 Å². The van der Waals surface area contributed by atoms with Crippen molar-refractivity contribution in [2.45, 2.75) is 31.8 Å². The molecule has 1 atom stereocenters. The fourth-order valence-corrected chi connectivity index (χ4v) is 2.02. The van der Waals surface area contributed by atoms with Crippen LogP contribution in [0.3, 0.4) is 0 Å². The lowest BCUT2D eigenvalue weighted by Crippen LogP contribution is -2.36. The van der Waals surface area contributed by atoms with Crippen molar-refractivity contribution in [2.75, 3.05) is 13.2 Å². The molecule has 0 radical (unpaired) electrons. The third-order valence-electron chi connectivity index (χ3n) is 2.89. The largest absolute Gasteiger partial charge is 0.573 e. The van der Waals surface area contributed by atoms with Gasteiger partial charge in [-0.15, -0.1) is 13.2 Å². The predicted octanol–water partition coefficient (Wildman–Crippen LogP) is 2.85. The van der Waals surface area contributed by atoms with Crippen LogP contribution in [-0.4, -0.2) is 25.6 Å². The summed E-state index contributed by atoms with van der Waals surface area (Å²) < 4.78 is 45.5. The van der Waals surface area contributed by atoms with Crippen molar-refractivity contribution in [1.82, 2.24) is 5.32 Å². The molecule has 1 saturated heterocycles. The highest BCUT2D eigenvalue weighted by Gasteiger charge is 2.31. The van der Waals surface area contributed by atoms with E-state index in [9.17, 15) is 13.2 Å². The van der Waals surface area contributed by atoms with E-state index in [0.29, 0.717) is 13.2 Å². The fourth-order valence-electron chi connectivity index (χ4n) is 2.02. The summed E-state index contributed by atoms with van der Waals surface area (Å²) in [6.45, 7) is 1.94. The van der Waals surface area contributed by atoms with Crippen LogP contribution < -0.4 is 10.1 Å². The topological polar surface area (TPSA) is 30.5 Å². The van der Waals surface area contributed by atoms with E-state index in [1.165, 1.54) is 12.1 Å². The Balaban J connectivity index is 1.87. The van der Waals surface area contributed by atoms with Crippen LogP contribution in [0, 0.1) is 0 Å². The van der Waals surface area contributed by atoms with Gasteiger partial charge in [-0.25, -0.2) is 0 Å². The molecule has 1 N–H and O–H groups in total.